The van der Waals surface area contributed by atoms with E-state index in [1.165, 1.54) is 12.3 Å². The lowest BCUT2D eigenvalue weighted by atomic mass is 10.2. The number of aliphatic imine (C=N–C) groups is 1. The van der Waals surface area contributed by atoms with Gasteiger partial charge in [0.15, 0.2) is 0 Å². The van der Waals surface area contributed by atoms with E-state index in [4.69, 9.17) is 16.3 Å². The molecule has 0 aliphatic carbocycles. The van der Waals surface area contributed by atoms with E-state index in [1.807, 2.05) is 11.9 Å². The Labute approximate surface area is 104 Å². The van der Waals surface area contributed by atoms with Crippen molar-refractivity contribution in [2.75, 3.05) is 20.2 Å². The SMILES string of the molecule is CN(CC1=CNC(Cl)=CN=C1)C1=CC(=O)OC1. The molecule has 0 unspecified atom stereocenters. The largest absolute Gasteiger partial charge is 0.456 e. The lowest BCUT2D eigenvalue weighted by Crippen LogP contribution is -2.22. The summed E-state index contributed by atoms with van der Waals surface area (Å²) in [5.74, 6) is -0.293. The van der Waals surface area contributed by atoms with Crippen LogP contribution in [0.2, 0.25) is 0 Å². The number of carbonyl (C=O) groups excluding carboxylic acids is 1. The first kappa shape index (κ1) is 11.7. The molecule has 2 heterocycles. The number of nitrogens with one attached hydrogen (secondary N) is 1. The van der Waals surface area contributed by atoms with Crippen molar-refractivity contribution in [2.45, 2.75) is 0 Å². The minimum atomic E-state index is -0.293. The van der Waals surface area contributed by atoms with Crippen molar-refractivity contribution in [1.29, 1.82) is 0 Å². The monoisotopic (exact) mass is 253 g/mol. The van der Waals surface area contributed by atoms with Crippen molar-refractivity contribution in [3.63, 3.8) is 0 Å². The second kappa shape index (κ2) is 5.05. The highest BCUT2D eigenvalue weighted by atomic mass is 35.5. The molecule has 0 atom stereocenters. The van der Waals surface area contributed by atoms with E-state index in [1.54, 1.807) is 12.4 Å². The third kappa shape index (κ3) is 3.10. The molecule has 1 N–H and O–H groups in total. The molecular formula is C11H12ClN3O2. The molecule has 0 saturated carbocycles. The molecule has 0 aromatic carbocycles. The van der Waals surface area contributed by atoms with E-state index in [9.17, 15) is 4.79 Å². The number of hydrogen-bond acceptors (Lipinski definition) is 5. The number of hydrogen-bond donors (Lipinski definition) is 1. The predicted molar refractivity (Wildman–Crippen MR) is 65.3 cm³/mol. The van der Waals surface area contributed by atoms with Crippen LogP contribution in [0.5, 0.6) is 0 Å². The maximum Gasteiger partial charge on any atom is 0.333 e. The van der Waals surface area contributed by atoms with Gasteiger partial charge in [0.1, 0.15) is 11.8 Å². The Morgan fingerprint density at radius 1 is 1.65 bits per heavy atom. The second-order valence-corrected chi connectivity index (χ2v) is 4.13. The number of rotatable bonds is 3. The Morgan fingerprint density at radius 3 is 3.18 bits per heavy atom. The zero-order chi connectivity index (χ0) is 12.3. The minimum Gasteiger partial charge on any atom is -0.456 e. The minimum absolute atomic E-state index is 0.293. The van der Waals surface area contributed by atoms with E-state index < -0.39 is 0 Å². The van der Waals surface area contributed by atoms with Crippen molar-refractivity contribution < 1.29 is 9.53 Å². The highest BCUT2D eigenvalue weighted by Crippen LogP contribution is 2.12. The number of cyclic esters (lactones) is 1. The molecule has 0 spiro atoms. The van der Waals surface area contributed by atoms with Gasteiger partial charge < -0.3 is 15.0 Å². The molecule has 0 aromatic heterocycles. The summed E-state index contributed by atoms with van der Waals surface area (Å²) in [7, 11) is 1.89. The lowest BCUT2D eigenvalue weighted by molar-refractivity contribution is -0.135. The normalized spacial score (nSPS) is 18.7. The van der Waals surface area contributed by atoms with Crippen LogP contribution in [-0.4, -0.2) is 37.3 Å². The molecule has 6 heteroatoms. The molecule has 2 rings (SSSR count). The van der Waals surface area contributed by atoms with E-state index >= 15 is 0 Å². The van der Waals surface area contributed by atoms with Crippen LogP contribution in [0.3, 0.4) is 0 Å². The van der Waals surface area contributed by atoms with Crippen LogP contribution in [0.1, 0.15) is 0 Å². The van der Waals surface area contributed by atoms with Crippen molar-refractivity contribution in [2.24, 2.45) is 4.99 Å². The number of halogens is 1. The Morgan fingerprint density at radius 2 is 2.47 bits per heavy atom. The van der Waals surface area contributed by atoms with Crippen LogP contribution < -0.4 is 5.32 Å². The summed E-state index contributed by atoms with van der Waals surface area (Å²) in [6.45, 7) is 0.948. The summed E-state index contributed by atoms with van der Waals surface area (Å²) in [6.07, 6.45) is 6.53. The Hall–Kier alpha value is -1.75. The van der Waals surface area contributed by atoms with Gasteiger partial charge in [0, 0.05) is 37.7 Å². The first-order chi connectivity index (χ1) is 8.15. The van der Waals surface area contributed by atoms with E-state index in [0.717, 1.165) is 11.3 Å². The van der Waals surface area contributed by atoms with E-state index in [2.05, 4.69) is 10.3 Å². The average Bonchev–Trinajstić information content (AvgIpc) is 2.62. The highest BCUT2D eigenvalue weighted by molar-refractivity contribution is 6.29. The Bertz CT molecular complexity index is 452. The van der Waals surface area contributed by atoms with Crippen molar-refractivity contribution in [3.8, 4) is 0 Å². The third-order valence-electron chi connectivity index (χ3n) is 2.38. The van der Waals surface area contributed by atoms with Gasteiger partial charge in [-0.25, -0.2) is 4.79 Å². The van der Waals surface area contributed by atoms with Crippen LogP contribution in [0, 0.1) is 0 Å². The molecule has 0 fully saturated rings. The van der Waals surface area contributed by atoms with Crippen molar-refractivity contribution >= 4 is 23.8 Å². The fraction of sp³-hybridized carbons (Fsp3) is 0.273. The van der Waals surface area contributed by atoms with Gasteiger partial charge in [-0.05, 0) is 0 Å². The maximum atomic E-state index is 10.9. The average molecular weight is 254 g/mol. The summed E-state index contributed by atoms with van der Waals surface area (Å²) in [6, 6.07) is 0. The van der Waals surface area contributed by atoms with Crippen LogP contribution in [0.4, 0.5) is 0 Å². The molecule has 0 aromatic rings. The van der Waals surface area contributed by atoms with Gasteiger partial charge in [0.25, 0.3) is 0 Å². The van der Waals surface area contributed by atoms with Crippen LogP contribution >= 0.6 is 11.6 Å². The number of nitrogens with zero attached hydrogens (tertiary/aromatic N) is 2. The van der Waals surface area contributed by atoms with Gasteiger partial charge >= 0.3 is 5.97 Å². The fourth-order valence-corrected chi connectivity index (χ4v) is 1.59. The summed E-state index contributed by atoms with van der Waals surface area (Å²) < 4.78 is 4.84. The van der Waals surface area contributed by atoms with Gasteiger partial charge in [0.2, 0.25) is 0 Å². The zero-order valence-corrected chi connectivity index (χ0v) is 10.1. The number of carbonyl (C=O) groups is 1. The van der Waals surface area contributed by atoms with Crippen molar-refractivity contribution in [3.05, 3.63) is 34.9 Å². The Kier molecular flexibility index (Phi) is 3.49. The van der Waals surface area contributed by atoms with Gasteiger partial charge in [-0.3, -0.25) is 4.99 Å². The summed E-state index contributed by atoms with van der Waals surface area (Å²) in [4.78, 5) is 16.9. The Balaban J connectivity index is 1.98. The number of likely N-dealkylation sites (N-methyl/N-ethyl adjacent to an activating group) is 1. The molecule has 5 nitrogen and oxygen atoms in total. The first-order valence-corrected chi connectivity index (χ1v) is 5.46. The molecule has 2 aliphatic heterocycles. The second-order valence-electron chi connectivity index (χ2n) is 3.72. The highest BCUT2D eigenvalue weighted by Gasteiger charge is 2.16. The fourth-order valence-electron chi connectivity index (χ4n) is 1.48. The third-order valence-corrected chi connectivity index (χ3v) is 2.59. The number of esters is 1. The topological polar surface area (TPSA) is 53.9 Å². The van der Waals surface area contributed by atoms with Gasteiger partial charge in [-0.15, -0.1) is 0 Å². The molecule has 90 valence electrons. The maximum absolute atomic E-state index is 10.9. The van der Waals surface area contributed by atoms with Crippen LogP contribution in [-0.2, 0) is 9.53 Å². The quantitative estimate of drug-likeness (QED) is 0.601. The lowest BCUT2D eigenvalue weighted by Gasteiger charge is -2.19. The van der Waals surface area contributed by atoms with E-state index in [0.29, 0.717) is 18.3 Å². The van der Waals surface area contributed by atoms with Crippen LogP contribution in [0.25, 0.3) is 0 Å². The van der Waals surface area contributed by atoms with Gasteiger partial charge in [-0.2, -0.15) is 0 Å². The summed E-state index contributed by atoms with van der Waals surface area (Å²) >= 11 is 5.77. The number of ether oxygens (including phenoxy) is 1. The molecule has 2 aliphatic rings. The predicted octanol–water partition coefficient (Wildman–Crippen LogP) is 0.954. The first-order valence-electron chi connectivity index (χ1n) is 5.08. The van der Waals surface area contributed by atoms with Crippen molar-refractivity contribution in [1.82, 2.24) is 10.2 Å². The molecule has 0 radical (unpaired) electrons. The van der Waals surface area contributed by atoms with Gasteiger partial charge in [0.05, 0.1) is 11.9 Å². The summed E-state index contributed by atoms with van der Waals surface area (Å²) in [5.41, 5.74) is 1.81. The van der Waals surface area contributed by atoms with E-state index in [-0.39, 0.29) is 5.97 Å². The molecule has 0 bridgehead atoms. The standard InChI is InChI=1S/C11H12ClN3O2/c1-15(9-2-11(16)17-7-9)6-8-3-13-5-10(12)14-4-8/h2-5,14H,6-7H2,1H3. The molecule has 0 amide bonds. The van der Waals surface area contributed by atoms with Gasteiger partial charge in [-0.1, -0.05) is 11.6 Å². The summed E-state index contributed by atoms with van der Waals surface area (Å²) in [5, 5.41) is 3.36. The smallest absolute Gasteiger partial charge is 0.333 e. The van der Waals surface area contributed by atoms with Crippen LogP contribution in [0.15, 0.2) is 39.9 Å². The molecule has 17 heavy (non-hydrogen) atoms. The molecule has 0 saturated heterocycles. The molecular weight excluding hydrogens is 242 g/mol. The zero-order valence-electron chi connectivity index (χ0n) is 9.31.